The van der Waals surface area contributed by atoms with E-state index in [-0.39, 0.29) is 23.7 Å². The fraction of sp³-hybridized carbons (Fsp3) is 0.389. The minimum Gasteiger partial charge on any atom is -0.426 e. The average molecular weight is 347 g/mol. The number of amides is 1. The number of piperidine rings is 3. The van der Waals surface area contributed by atoms with Crippen LogP contribution < -0.4 is 10.1 Å². The third-order valence-electron chi connectivity index (χ3n) is 4.81. The van der Waals surface area contributed by atoms with E-state index in [2.05, 4.69) is 10.2 Å². The molecule has 1 aromatic carbocycles. The Morgan fingerprint density at radius 2 is 1.92 bits per heavy atom. The molecule has 1 aromatic heterocycles. The van der Waals surface area contributed by atoms with Crippen molar-refractivity contribution in [3.63, 3.8) is 0 Å². The Bertz CT molecular complexity index is 720. The highest BCUT2D eigenvalue weighted by Gasteiger charge is 2.35. The number of nitrogens with zero attached hydrogens (tertiary/aromatic N) is 1. The first-order chi connectivity index (χ1) is 11.7. The molecule has 3 aliphatic rings. The summed E-state index contributed by atoms with van der Waals surface area (Å²) in [6, 6.07) is 10.5. The molecule has 126 valence electrons. The van der Waals surface area contributed by atoms with Gasteiger partial charge in [-0.05, 0) is 62.2 Å². The fourth-order valence-electron chi connectivity index (χ4n) is 3.48. The minimum atomic E-state index is -0.181. The van der Waals surface area contributed by atoms with Gasteiger partial charge < -0.3 is 19.4 Å². The summed E-state index contributed by atoms with van der Waals surface area (Å²) in [5, 5.41) is 3.74. The molecule has 0 aliphatic carbocycles. The lowest BCUT2D eigenvalue weighted by Gasteiger charge is -2.44. The van der Waals surface area contributed by atoms with Gasteiger partial charge in [-0.25, -0.2) is 0 Å². The molecule has 2 aromatic rings. The van der Waals surface area contributed by atoms with Gasteiger partial charge in [-0.15, -0.1) is 0 Å². The predicted octanol–water partition coefficient (Wildman–Crippen LogP) is 3.55. The zero-order valence-corrected chi connectivity index (χ0v) is 14.0. The second kappa shape index (κ2) is 6.49. The average Bonchev–Trinajstić information content (AvgIpc) is 3.07. The molecule has 1 atom stereocenters. The smallest absolute Gasteiger partial charge is 0.290 e. The summed E-state index contributed by atoms with van der Waals surface area (Å²) in [5.74, 6) is 1.57. The number of hydrogen-bond donors (Lipinski definition) is 1. The largest absolute Gasteiger partial charge is 0.426 e. The fourth-order valence-corrected chi connectivity index (χ4v) is 3.61. The van der Waals surface area contributed by atoms with Crippen molar-refractivity contribution in [2.24, 2.45) is 5.92 Å². The number of rotatable bonds is 4. The molecule has 3 saturated heterocycles. The zero-order chi connectivity index (χ0) is 16.5. The van der Waals surface area contributed by atoms with Crippen LogP contribution in [-0.2, 0) is 0 Å². The van der Waals surface area contributed by atoms with Gasteiger partial charge in [0.2, 0.25) is 0 Å². The molecule has 3 aliphatic heterocycles. The molecular weight excluding hydrogens is 328 g/mol. The minimum absolute atomic E-state index is 0.181. The van der Waals surface area contributed by atoms with Gasteiger partial charge in [-0.1, -0.05) is 11.6 Å². The number of ether oxygens (including phenoxy) is 1. The zero-order valence-electron chi connectivity index (χ0n) is 13.2. The first-order valence-corrected chi connectivity index (χ1v) is 8.62. The highest BCUT2D eigenvalue weighted by molar-refractivity contribution is 6.30. The number of furan rings is 1. The van der Waals surface area contributed by atoms with E-state index in [9.17, 15) is 4.79 Å². The van der Waals surface area contributed by atoms with Crippen molar-refractivity contribution < 1.29 is 13.9 Å². The molecule has 0 saturated carbocycles. The first kappa shape index (κ1) is 15.5. The molecule has 6 heteroatoms. The van der Waals surface area contributed by atoms with E-state index in [1.54, 1.807) is 36.4 Å². The van der Waals surface area contributed by atoms with Crippen LogP contribution in [0.25, 0.3) is 0 Å². The SMILES string of the molecule is O=C(NC1CN2CCC1CC2)c1ccc(Oc2ccc(Cl)cc2)o1. The van der Waals surface area contributed by atoms with Gasteiger partial charge >= 0.3 is 0 Å². The van der Waals surface area contributed by atoms with Crippen LogP contribution in [0.1, 0.15) is 23.4 Å². The Morgan fingerprint density at radius 3 is 2.58 bits per heavy atom. The Labute approximate surface area is 145 Å². The van der Waals surface area contributed by atoms with Gasteiger partial charge in [0.15, 0.2) is 5.76 Å². The topological polar surface area (TPSA) is 54.7 Å². The maximum absolute atomic E-state index is 12.4. The number of hydrogen-bond acceptors (Lipinski definition) is 4. The molecule has 1 amide bonds. The van der Waals surface area contributed by atoms with Gasteiger partial charge in [0.1, 0.15) is 5.75 Å². The number of carbonyl (C=O) groups is 1. The van der Waals surface area contributed by atoms with Crippen molar-refractivity contribution in [3.05, 3.63) is 47.2 Å². The summed E-state index contributed by atoms with van der Waals surface area (Å²) in [4.78, 5) is 14.8. The van der Waals surface area contributed by atoms with Crippen LogP contribution in [-0.4, -0.2) is 36.5 Å². The second-order valence-electron chi connectivity index (χ2n) is 6.39. The van der Waals surface area contributed by atoms with Crippen LogP contribution >= 0.6 is 11.6 Å². The second-order valence-corrected chi connectivity index (χ2v) is 6.83. The molecule has 24 heavy (non-hydrogen) atoms. The summed E-state index contributed by atoms with van der Waals surface area (Å²) in [6.45, 7) is 3.24. The van der Waals surface area contributed by atoms with Crippen LogP contribution in [0, 0.1) is 5.92 Å². The maximum Gasteiger partial charge on any atom is 0.290 e. The molecule has 5 nitrogen and oxygen atoms in total. The highest BCUT2D eigenvalue weighted by Crippen LogP contribution is 2.28. The number of carbonyl (C=O) groups excluding carboxylic acids is 1. The third-order valence-corrected chi connectivity index (χ3v) is 5.06. The van der Waals surface area contributed by atoms with Crippen molar-refractivity contribution in [3.8, 4) is 11.7 Å². The van der Waals surface area contributed by atoms with Crippen LogP contribution in [0.15, 0.2) is 40.8 Å². The van der Waals surface area contributed by atoms with Crippen molar-refractivity contribution >= 4 is 17.5 Å². The molecule has 4 heterocycles. The molecule has 3 fully saturated rings. The van der Waals surface area contributed by atoms with Gasteiger partial charge in [-0.2, -0.15) is 0 Å². The van der Waals surface area contributed by atoms with Gasteiger partial charge in [-0.3, -0.25) is 4.79 Å². The lowest BCUT2D eigenvalue weighted by atomic mass is 9.84. The highest BCUT2D eigenvalue weighted by atomic mass is 35.5. The van der Waals surface area contributed by atoms with E-state index >= 15 is 0 Å². The molecule has 5 rings (SSSR count). The van der Waals surface area contributed by atoms with E-state index in [0.717, 1.165) is 32.5 Å². The van der Waals surface area contributed by atoms with Crippen LogP contribution in [0.2, 0.25) is 5.02 Å². The Hall–Kier alpha value is -1.98. The summed E-state index contributed by atoms with van der Waals surface area (Å²) in [5.41, 5.74) is 0. The van der Waals surface area contributed by atoms with Crippen molar-refractivity contribution in [1.82, 2.24) is 10.2 Å². The third kappa shape index (κ3) is 3.28. The Morgan fingerprint density at radius 1 is 1.17 bits per heavy atom. The summed E-state index contributed by atoms with van der Waals surface area (Å²) in [6.07, 6.45) is 2.32. The Kier molecular flexibility index (Phi) is 4.21. The molecule has 1 unspecified atom stereocenters. The van der Waals surface area contributed by atoms with Gasteiger partial charge in [0.25, 0.3) is 11.9 Å². The summed E-state index contributed by atoms with van der Waals surface area (Å²) >= 11 is 5.84. The molecule has 1 N–H and O–H groups in total. The number of halogens is 1. The molecule has 2 bridgehead atoms. The first-order valence-electron chi connectivity index (χ1n) is 8.24. The van der Waals surface area contributed by atoms with Crippen molar-refractivity contribution in [2.45, 2.75) is 18.9 Å². The summed E-state index contributed by atoms with van der Waals surface area (Å²) < 4.78 is 11.1. The standard InChI is InChI=1S/C18H19ClN2O3/c19-13-1-3-14(4-2-13)23-17-6-5-16(24-17)18(22)20-15-11-21-9-7-12(15)8-10-21/h1-6,12,15H,7-11H2,(H,20,22). The monoisotopic (exact) mass is 346 g/mol. The molecule has 0 radical (unpaired) electrons. The normalized spacial score (nSPS) is 25.5. The number of nitrogens with one attached hydrogen (secondary N) is 1. The lowest BCUT2D eigenvalue weighted by Crippen LogP contribution is -2.57. The number of fused-ring (bicyclic) bond motifs is 3. The number of benzene rings is 1. The predicted molar refractivity (Wildman–Crippen MR) is 90.7 cm³/mol. The maximum atomic E-state index is 12.4. The van der Waals surface area contributed by atoms with Gasteiger partial charge in [0.05, 0.1) is 0 Å². The Balaban J connectivity index is 1.39. The van der Waals surface area contributed by atoms with E-state index in [1.165, 1.54) is 0 Å². The van der Waals surface area contributed by atoms with Crippen LogP contribution in [0.4, 0.5) is 0 Å². The van der Waals surface area contributed by atoms with Crippen LogP contribution in [0.5, 0.6) is 11.7 Å². The van der Waals surface area contributed by atoms with E-state index < -0.39 is 0 Å². The van der Waals surface area contributed by atoms with E-state index in [4.69, 9.17) is 20.8 Å². The van der Waals surface area contributed by atoms with Crippen LogP contribution in [0.3, 0.4) is 0 Å². The van der Waals surface area contributed by atoms with Crippen molar-refractivity contribution in [1.29, 1.82) is 0 Å². The molecule has 0 spiro atoms. The quantitative estimate of drug-likeness (QED) is 0.919. The van der Waals surface area contributed by atoms with E-state index in [0.29, 0.717) is 16.7 Å². The van der Waals surface area contributed by atoms with E-state index in [1.807, 2.05) is 0 Å². The summed E-state index contributed by atoms with van der Waals surface area (Å²) in [7, 11) is 0. The lowest BCUT2D eigenvalue weighted by molar-refractivity contribution is 0.0603. The van der Waals surface area contributed by atoms with Crippen molar-refractivity contribution in [2.75, 3.05) is 19.6 Å². The van der Waals surface area contributed by atoms with Gasteiger partial charge in [0, 0.05) is 23.7 Å². The molecular formula is C18H19ClN2O3.